The van der Waals surface area contributed by atoms with Gasteiger partial charge in [0.05, 0.1) is 6.04 Å². The van der Waals surface area contributed by atoms with Crippen molar-refractivity contribution in [2.75, 3.05) is 0 Å². The zero-order valence-electron chi connectivity index (χ0n) is 12.2. The van der Waals surface area contributed by atoms with Gasteiger partial charge in [-0.3, -0.25) is 10.1 Å². The van der Waals surface area contributed by atoms with E-state index in [-0.39, 0.29) is 18.0 Å². The summed E-state index contributed by atoms with van der Waals surface area (Å²) in [5.74, 6) is 0.0951. The molecule has 2 atom stereocenters. The lowest BCUT2D eigenvalue weighted by Crippen LogP contribution is -2.46. The number of halogens is 1. The van der Waals surface area contributed by atoms with Gasteiger partial charge in [0, 0.05) is 17.1 Å². The number of carbonyl (C=O) groups excluding carboxylic acids is 1. The van der Waals surface area contributed by atoms with Crippen LogP contribution in [0.25, 0.3) is 0 Å². The van der Waals surface area contributed by atoms with E-state index in [1.165, 1.54) is 12.8 Å². The molecule has 0 saturated heterocycles. The fraction of sp³-hybridized carbons (Fsp3) is 0.562. The van der Waals surface area contributed by atoms with Crippen molar-refractivity contribution in [2.45, 2.75) is 57.7 Å². The molecule has 20 heavy (non-hydrogen) atoms. The molecule has 0 aliphatic heterocycles. The minimum atomic E-state index is -0.193. The van der Waals surface area contributed by atoms with E-state index in [1.807, 2.05) is 31.2 Å². The third-order valence-electron chi connectivity index (χ3n) is 3.96. The number of hydrogen-bond acceptors (Lipinski definition) is 2. The average Bonchev–Trinajstić information content (AvgIpc) is 2.92. The molecule has 2 N–H and O–H groups in total. The maximum absolute atomic E-state index is 12.1. The Hall–Kier alpha value is -1.06. The summed E-state index contributed by atoms with van der Waals surface area (Å²) in [5, 5.41) is 7.19. The molecule has 1 fully saturated rings. The van der Waals surface area contributed by atoms with Gasteiger partial charge in [-0.25, -0.2) is 0 Å². The first kappa shape index (κ1) is 15.3. The molecule has 110 valence electrons. The Morgan fingerprint density at radius 2 is 1.80 bits per heavy atom. The van der Waals surface area contributed by atoms with Gasteiger partial charge in [0.2, 0.25) is 5.91 Å². The van der Waals surface area contributed by atoms with E-state index in [0.29, 0.717) is 6.04 Å². The summed E-state index contributed by atoms with van der Waals surface area (Å²) in [7, 11) is 0. The zero-order valence-corrected chi connectivity index (χ0v) is 12.9. The second-order valence-electron chi connectivity index (χ2n) is 5.65. The van der Waals surface area contributed by atoms with Gasteiger partial charge in [0.25, 0.3) is 0 Å². The summed E-state index contributed by atoms with van der Waals surface area (Å²) in [4.78, 5) is 12.1. The van der Waals surface area contributed by atoms with Crippen molar-refractivity contribution in [3.63, 3.8) is 0 Å². The highest BCUT2D eigenvalue weighted by molar-refractivity contribution is 6.30. The number of nitrogens with one attached hydrogen (secondary N) is 2. The summed E-state index contributed by atoms with van der Waals surface area (Å²) < 4.78 is 0. The highest BCUT2D eigenvalue weighted by Gasteiger charge is 2.21. The Kier molecular flexibility index (Phi) is 5.44. The lowest BCUT2D eigenvalue weighted by molar-refractivity contribution is -0.123. The molecule has 0 bridgehead atoms. The van der Waals surface area contributed by atoms with E-state index in [1.54, 1.807) is 0 Å². The van der Waals surface area contributed by atoms with Gasteiger partial charge in [0.1, 0.15) is 0 Å². The quantitative estimate of drug-likeness (QED) is 0.873. The van der Waals surface area contributed by atoms with Crippen LogP contribution in [-0.2, 0) is 4.79 Å². The average molecular weight is 295 g/mol. The van der Waals surface area contributed by atoms with Crippen molar-refractivity contribution < 1.29 is 4.79 Å². The predicted molar refractivity (Wildman–Crippen MR) is 82.9 cm³/mol. The van der Waals surface area contributed by atoms with Crippen LogP contribution in [0.2, 0.25) is 5.02 Å². The van der Waals surface area contributed by atoms with E-state index in [2.05, 4.69) is 17.6 Å². The highest BCUT2D eigenvalue weighted by atomic mass is 35.5. The number of rotatable bonds is 5. The van der Waals surface area contributed by atoms with Crippen LogP contribution in [0.4, 0.5) is 0 Å². The Balaban J connectivity index is 1.84. The molecule has 1 saturated carbocycles. The van der Waals surface area contributed by atoms with Gasteiger partial charge in [-0.15, -0.1) is 0 Å². The van der Waals surface area contributed by atoms with Crippen LogP contribution in [0.3, 0.4) is 0 Å². The van der Waals surface area contributed by atoms with Gasteiger partial charge >= 0.3 is 0 Å². The Labute approximate surface area is 126 Å². The first-order chi connectivity index (χ1) is 9.56. The van der Waals surface area contributed by atoms with Crippen LogP contribution >= 0.6 is 11.6 Å². The first-order valence-electron chi connectivity index (χ1n) is 7.38. The Morgan fingerprint density at radius 3 is 2.40 bits per heavy atom. The molecule has 1 aromatic rings. The lowest BCUT2D eigenvalue weighted by Gasteiger charge is -2.22. The molecule has 1 unspecified atom stereocenters. The van der Waals surface area contributed by atoms with E-state index < -0.39 is 0 Å². The van der Waals surface area contributed by atoms with Crippen LogP contribution in [0, 0.1) is 0 Å². The molecule has 4 heteroatoms. The van der Waals surface area contributed by atoms with Crippen LogP contribution < -0.4 is 10.6 Å². The largest absolute Gasteiger partial charge is 0.352 e. The number of carbonyl (C=O) groups is 1. The third kappa shape index (κ3) is 4.22. The summed E-state index contributed by atoms with van der Waals surface area (Å²) in [5.41, 5.74) is 1.13. The van der Waals surface area contributed by atoms with E-state index in [4.69, 9.17) is 11.6 Å². The minimum Gasteiger partial charge on any atom is -0.352 e. The molecule has 3 nitrogen and oxygen atoms in total. The van der Waals surface area contributed by atoms with Crippen molar-refractivity contribution in [3.05, 3.63) is 34.9 Å². The molecular weight excluding hydrogens is 272 g/mol. The Bertz CT molecular complexity index is 440. The predicted octanol–water partition coefficient (Wildman–Crippen LogP) is 3.44. The second kappa shape index (κ2) is 7.09. The smallest absolute Gasteiger partial charge is 0.237 e. The fourth-order valence-electron chi connectivity index (χ4n) is 2.69. The zero-order chi connectivity index (χ0) is 14.5. The first-order valence-corrected chi connectivity index (χ1v) is 7.76. The molecule has 1 amide bonds. The second-order valence-corrected chi connectivity index (χ2v) is 6.09. The SMILES string of the molecule is CC(N[C@H](C)c1ccc(Cl)cc1)C(=O)NC1CCCC1. The molecule has 2 rings (SSSR count). The summed E-state index contributed by atoms with van der Waals surface area (Å²) >= 11 is 5.88. The molecule has 0 spiro atoms. The van der Waals surface area contributed by atoms with Crippen molar-refractivity contribution in [3.8, 4) is 0 Å². The topological polar surface area (TPSA) is 41.1 Å². The van der Waals surface area contributed by atoms with E-state index in [9.17, 15) is 4.79 Å². The normalized spacial score (nSPS) is 18.8. The van der Waals surface area contributed by atoms with Crippen LogP contribution in [0.1, 0.15) is 51.1 Å². The number of amides is 1. The van der Waals surface area contributed by atoms with Crippen molar-refractivity contribution in [2.24, 2.45) is 0 Å². The minimum absolute atomic E-state index is 0.0951. The van der Waals surface area contributed by atoms with Gasteiger partial charge in [-0.1, -0.05) is 36.6 Å². The molecule has 0 aromatic heterocycles. The summed E-state index contributed by atoms with van der Waals surface area (Å²) in [6, 6.07) is 8.02. The van der Waals surface area contributed by atoms with Crippen molar-refractivity contribution >= 4 is 17.5 Å². The van der Waals surface area contributed by atoms with Crippen LogP contribution in [-0.4, -0.2) is 18.0 Å². The Morgan fingerprint density at radius 1 is 1.20 bits per heavy atom. The van der Waals surface area contributed by atoms with E-state index in [0.717, 1.165) is 23.4 Å². The summed E-state index contributed by atoms with van der Waals surface area (Å²) in [6.45, 7) is 3.97. The number of hydrogen-bond donors (Lipinski definition) is 2. The maximum Gasteiger partial charge on any atom is 0.237 e. The standard InChI is InChI=1S/C16H23ClN2O/c1-11(13-7-9-14(17)10-8-13)18-12(2)16(20)19-15-5-3-4-6-15/h7-12,15,18H,3-6H2,1-2H3,(H,19,20)/t11-,12?/m1/s1. The van der Waals surface area contributed by atoms with Gasteiger partial charge in [-0.2, -0.15) is 0 Å². The fourth-order valence-corrected chi connectivity index (χ4v) is 2.82. The maximum atomic E-state index is 12.1. The highest BCUT2D eigenvalue weighted by Crippen LogP contribution is 2.18. The van der Waals surface area contributed by atoms with Gasteiger partial charge in [-0.05, 0) is 44.4 Å². The molecule has 0 radical (unpaired) electrons. The molecule has 1 aliphatic rings. The molecule has 1 aliphatic carbocycles. The molecule has 0 heterocycles. The van der Waals surface area contributed by atoms with Gasteiger partial charge in [0.15, 0.2) is 0 Å². The third-order valence-corrected chi connectivity index (χ3v) is 4.22. The van der Waals surface area contributed by atoms with Crippen LogP contribution in [0.5, 0.6) is 0 Å². The van der Waals surface area contributed by atoms with Gasteiger partial charge < -0.3 is 5.32 Å². The molecular formula is C16H23ClN2O. The molecule has 1 aromatic carbocycles. The lowest BCUT2D eigenvalue weighted by atomic mass is 10.1. The van der Waals surface area contributed by atoms with Crippen molar-refractivity contribution in [1.29, 1.82) is 0 Å². The monoisotopic (exact) mass is 294 g/mol. The van der Waals surface area contributed by atoms with Crippen molar-refractivity contribution in [1.82, 2.24) is 10.6 Å². The summed E-state index contributed by atoms with van der Waals surface area (Å²) in [6.07, 6.45) is 4.69. The van der Waals surface area contributed by atoms with Crippen LogP contribution in [0.15, 0.2) is 24.3 Å². The van der Waals surface area contributed by atoms with E-state index >= 15 is 0 Å². The number of benzene rings is 1.